The van der Waals surface area contributed by atoms with E-state index in [4.69, 9.17) is 9.15 Å². The number of hydrogen-bond donors (Lipinski definition) is 0. The molecule has 7 heteroatoms. The number of aromatic nitrogens is 1. The van der Waals surface area contributed by atoms with Crippen LogP contribution in [0.4, 0.5) is 0 Å². The predicted molar refractivity (Wildman–Crippen MR) is 92.8 cm³/mol. The van der Waals surface area contributed by atoms with E-state index < -0.39 is 12.1 Å². The smallest absolute Gasteiger partial charge is 0.202 e. The molecule has 130 valence electrons. The molecule has 0 saturated carbocycles. The summed E-state index contributed by atoms with van der Waals surface area (Å²) >= 11 is 1.38. The van der Waals surface area contributed by atoms with Gasteiger partial charge >= 0.3 is 0 Å². The Morgan fingerprint density at radius 2 is 2.20 bits per heavy atom. The number of benzene rings is 1. The standard InChI is InChI=1S/C18H17NO5S/c1-4-11-5-12-15(6-14(11)24-10(3)18(21)22)23-7-13(16(12)20)17-19-9(2)8-25-17/h5-8,10H,4H2,1-3H3,(H,21,22)/p-1. The lowest BCUT2D eigenvalue weighted by molar-refractivity contribution is -0.312. The van der Waals surface area contributed by atoms with Crippen molar-refractivity contribution in [2.45, 2.75) is 33.3 Å². The second kappa shape index (κ2) is 6.68. The first-order valence-electron chi connectivity index (χ1n) is 7.79. The molecule has 1 atom stereocenters. The Labute approximate surface area is 147 Å². The van der Waals surface area contributed by atoms with E-state index in [1.165, 1.54) is 24.5 Å². The average molecular weight is 358 g/mol. The summed E-state index contributed by atoms with van der Waals surface area (Å²) < 4.78 is 11.0. The maximum Gasteiger partial charge on any atom is 0.202 e. The lowest BCUT2D eigenvalue weighted by atomic mass is 10.1. The highest BCUT2D eigenvalue weighted by Crippen LogP contribution is 2.29. The Hall–Kier alpha value is -2.67. The van der Waals surface area contributed by atoms with Gasteiger partial charge in [0.25, 0.3) is 0 Å². The predicted octanol–water partition coefficient (Wildman–Crippen LogP) is 2.30. The van der Waals surface area contributed by atoms with E-state index >= 15 is 0 Å². The number of thiazole rings is 1. The third-order valence-electron chi connectivity index (χ3n) is 3.82. The third-order valence-corrected chi connectivity index (χ3v) is 4.82. The monoisotopic (exact) mass is 358 g/mol. The number of carboxylic acid groups (broad SMARTS) is 1. The van der Waals surface area contributed by atoms with Gasteiger partial charge in [0, 0.05) is 17.1 Å². The van der Waals surface area contributed by atoms with E-state index in [9.17, 15) is 14.7 Å². The van der Waals surface area contributed by atoms with Crippen LogP contribution in [0.1, 0.15) is 25.1 Å². The van der Waals surface area contributed by atoms with Gasteiger partial charge in [-0.1, -0.05) is 6.92 Å². The van der Waals surface area contributed by atoms with Crippen molar-refractivity contribution in [3.05, 3.63) is 45.3 Å². The molecule has 0 radical (unpaired) electrons. The van der Waals surface area contributed by atoms with E-state index in [0.29, 0.717) is 33.7 Å². The second-order valence-electron chi connectivity index (χ2n) is 5.66. The SMILES string of the molecule is CCc1cc2c(=O)c(-c3nc(C)cs3)coc2cc1OC(C)C(=O)[O-]. The van der Waals surface area contributed by atoms with Crippen LogP contribution in [0.3, 0.4) is 0 Å². The molecule has 0 N–H and O–H groups in total. The number of aliphatic carboxylic acids is 1. The Kier molecular flexibility index (Phi) is 4.59. The molecule has 0 saturated heterocycles. The zero-order chi connectivity index (χ0) is 18.1. The first-order valence-corrected chi connectivity index (χ1v) is 8.67. The minimum atomic E-state index is -1.31. The Bertz CT molecular complexity index is 1000. The molecule has 1 unspecified atom stereocenters. The summed E-state index contributed by atoms with van der Waals surface area (Å²) in [6.07, 6.45) is 0.845. The molecule has 2 aromatic heterocycles. The van der Waals surface area contributed by atoms with Gasteiger partial charge in [-0.3, -0.25) is 4.79 Å². The van der Waals surface area contributed by atoms with Gasteiger partial charge in [0.15, 0.2) is 0 Å². The molecule has 1 aromatic carbocycles. The fourth-order valence-electron chi connectivity index (χ4n) is 2.45. The average Bonchev–Trinajstić information content (AvgIpc) is 3.00. The van der Waals surface area contributed by atoms with E-state index in [-0.39, 0.29) is 5.43 Å². The number of carbonyl (C=O) groups excluding carboxylic acids is 1. The van der Waals surface area contributed by atoms with Crippen molar-refractivity contribution >= 4 is 28.3 Å². The molecular weight excluding hydrogens is 342 g/mol. The molecule has 0 aliphatic rings. The van der Waals surface area contributed by atoms with Gasteiger partial charge in [-0.25, -0.2) is 4.98 Å². The molecule has 0 aliphatic carbocycles. The molecule has 3 aromatic rings. The van der Waals surface area contributed by atoms with Gasteiger partial charge in [0.2, 0.25) is 5.43 Å². The number of aryl methyl sites for hydroxylation is 2. The molecule has 6 nitrogen and oxygen atoms in total. The summed E-state index contributed by atoms with van der Waals surface area (Å²) in [6.45, 7) is 5.15. The van der Waals surface area contributed by atoms with Crippen LogP contribution in [0.25, 0.3) is 21.5 Å². The zero-order valence-electron chi connectivity index (χ0n) is 14.0. The van der Waals surface area contributed by atoms with Crippen LogP contribution in [0.2, 0.25) is 0 Å². The fraction of sp³-hybridized carbons (Fsp3) is 0.278. The zero-order valence-corrected chi connectivity index (χ0v) is 14.8. The maximum absolute atomic E-state index is 12.8. The van der Waals surface area contributed by atoms with Crippen molar-refractivity contribution in [3.8, 4) is 16.3 Å². The highest BCUT2D eigenvalue weighted by Gasteiger charge is 2.16. The van der Waals surface area contributed by atoms with Gasteiger partial charge < -0.3 is 19.1 Å². The Morgan fingerprint density at radius 3 is 2.80 bits per heavy atom. The molecular formula is C18H16NO5S-. The van der Waals surface area contributed by atoms with Crippen molar-refractivity contribution in [2.75, 3.05) is 0 Å². The van der Waals surface area contributed by atoms with E-state index in [2.05, 4.69) is 4.98 Å². The molecule has 0 fully saturated rings. The minimum absolute atomic E-state index is 0.176. The molecule has 25 heavy (non-hydrogen) atoms. The van der Waals surface area contributed by atoms with Crippen molar-refractivity contribution in [2.24, 2.45) is 0 Å². The maximum atomic E-state index is 12.8. The van der Waals surface area contributed by atoms with Gasteiger partial charge in [-0.15, -0.1) is 11.3 Å². The van der Waals surface area contributed by atoms with Crippen LogP contribution in [-0.2, 0) is 11.2 Å². The molecule has 0 bridgehead atoms. The van der Waals surface area contributed by atoms with Crippen LogP contribution < -0.4 is 15.3 Å². The summed E-state index contributed by atoms with van der Waals surface area (Å²) in [7, 11) is 0. The number of carbonyl (C=O) groups is 1. The molecule has 0 spiro atoms. The number of hydrogen-bond acceptors (Lipinski definition) is 7. The first kappa shape index (κ1) is 17.2. The summed E-state index contributed by atoms with van der Waals surface area (Å²) in [5.74, 6) is -0.939. The minimum Gasteiger partial charge on any atom is -0.546 e. The topological polar surface area (TPSA) is 92.5 Å². The molecule has 0 aliphatic heterocycles. The van der Waals surface area contributed by atoms with E-state index in [1.54, 1.807) is 12.1 Å². The van der Waals surface area contributed by atoms with E-state index in [1.807, 2.05) is 19.2 Å². The second-order valence-corrected chi connectivity index (χ2v) is 6.52. The summed E-state index contributed by atoms with van der Waals surface area (Å²) in [6, 6.07) is 3.23. The highest BCUT2D eigenvalue weighted by atomic mass is 32.1. The number of fused-ring (bicyclic) bond motifs is 1. The van der Waals surface area contributed by atoms with Gasteiger partial charge in [0.05, 0.1) is 16.9 Å². The lowest BCUT2D eigenvalue weighted by Crippen LogP contribution is -2.37. The quantitative estimate of drug-likeness (QED) is 0.695. The van der Waals surface area contributed by atoms with Gasteiger partial charge in [-0.2, -0.15) is 0 Å². The summed E-state index contributed by atoms with van der Waals surface area (Å²) in [5.41, 5.74) is 2.13. The Morgan fingerprint density at radius 1 is 1.44 bits per heavy atom. The largest absolute Gasteiger partial charge is 0.546 e. The van der Waals surface area contributed by atoms with Crippen LogP contribution in [0.5, 0.6) is 5.75 Å². The van der Waals surface area contributed by atoms with Gasteiger partial charge in [0.1, 0.15) is 28.7 Å². The number of ether oxygens (including phenoxy) is 1. The summed E-state index contributed by atoms with van der Waals surface area (Å²) in [5, 5.41) is 13.8. The van der Waals surface area contributed by atoms with Crippen molar-refractivity contribution < 1.29 is 19.1 Å². The highest BCUT2D eigenvalue weighted by molar-refractivity contribution is 7.13. The molecule has 3 rings (SSSR count). The van der Waals surface area contributed by atoms with Gasteiger partial charge in [-0.05, 0) is 31.9 Å². The normalized spacial score (nSPS) is 12.3. The number of nitrogens with zero attached hydrogens (tertiary/aromatic N) is 1. The fourth-order valence-corrected chi connectivity index (χ4v) is 3.25. The van der Waals surface area contributed by atoms with Crippen molar-refractivity contribution in [1.29, 1.82) is 0 Å². The van der Waals surface area contributed by atoms with Crippen LogP contribution >= 0.6 is 11.3 Å². The van der Waals surface area contributed by atoms with Crippen LogP contribution in [0.15, 0.2) is 33.0 Å². The third kappa shape index (κ3) is 3.28. The summed E-state index contributed by atoms with van der Waals surface area (Å²) in [4.78, 5) is 28.0. The number of rotatable bonds is 5. The molecule has 2 heterocycles. The lowest BCUT2D eigenvalue weighted by Gasteiger charge is -2.18. The van der Waals surface area contributed by atoms with Crippen LogP contribution in [0, 0.1) is 6.92 Å². The van der Waals surface area contributed by atoms with Crippen LogP contribution in [-0.4, -0.2) is 17.1 Å². The Balaban J connectivity index is 2.13. The van der Waals surface area contributed by atoms with Crippen molar-refractivity contribution in [1.82, 2.24) is 4.98 Å². The number of carboxylic acids is 1. The van der Waals surface area contributed by atoms with E-state index in [0.717, 1.165) is 11.3 Å². The molecule has 0 amide bonds. The first-order chi connectivity index (χ1) is 11.9. The van der Waals surface area contributed by atoms with Crippen molar-refractivity contribution in [3.63, 3.8) is 0 Å².